The maximum Gasteiger partial charge on any atom is 0.252 e. The fourth-order valence-corrected chi connectivity index (χ4v) is 3.07. The molecule has 0 radical (unpaired) electrons. The second-order valence-electron chi connectivity index (χ2n) is 5.90. The zero-order chi connectivity index (χ0) is 18.1. The molecule has 1 aliphatic rings. The first kappa shape index (κ1) is 17.1. The van der Waals surface area contributed by atoms with E-state index < -0.39 is 23.7 Å². The van der Waals surface area contributed by atoms with Gasteiger partial charge in [0.05, 0.1) is 11.3 Å². The van der Waals surface area contributed by atoms with E-state index in [2.05, 4.69) is 20.0 Å². The van der Waals surface area contributed by atoms with Crippen LogP contribution >= 0.6 is 11.5 Å². The van der Waals surface area contributed by atoms with Crippen LogP contribution in [0.2, 0.25) is 0 Å². The number of nitrogens with two attached hydrogens (primary N) is 2. The number of amides is 2. The molecule has 25 heavy (non-hydrogen) atoms. The number of rotatable bonds is 7. The van der Waals surface area contributed by atoms with Gasteiger partial charge in [0, 0.05) is 0 Å². The summed E-state index contributed by atoms with van der Waals surface area (Å²) in [6.45, 7) is 1.81. The fraction of sp³-hybridized carbons (Fsp3) is 0.333. The highest BCUT2D eigenvalue weighted by molar-refractivity contribution is 7.10. The highest BCUT2D eigenvalue weighted by Crippen LogP contribution is 2.35. The molecule has 8 nitrogen and oxygen atoms in total. The average molecular weight is 364 g/mol. The first-order valence-electron chi connectivity index (χ1n) is 7.61. The van der Waals surface area contributed by atoms with Crippen molar-refractivity contribution in [2.24, 2.45) is 17.4 Å². The first-order valence-corrected chi connectivity index (χ1v) is 8.39. The molecule has 0 aliphatic heterocycles. The van der Waals surface area contributed by atoms with Gasteiger partial charge >= 0.3 is 0 Å². The molecule has 1 unspecified atom stereocenters. The third kappa shape index (κ3) is 3.85. The number of carbonyl (C=O) groups excluding carboxylic acids is 2. The summed E-state index contributed by atoms with van der Waals surface area (Å²) >= 11 is 1.17. The summed E-state index contributed by atoms with van der Waals surface area (Å²) in [5.74, 6) is -2.20. The molecule has 2 aromatic heterocycles. The van der Waals surface area contributed by atoms with Crippen LogP contribution in [0.5, 0.6) is 0 Å². The smallest absolute Gasteiger partial charge is 0.252 e. The van der Waals surface area contributed by atoms with Crippen LogP contribution in [0.3, 0.4) is 0 Å². The van der Waals surface area contributed by atoms with Gasteiger partial charge in [0.1, 0.15) is 16.9 Å². The summed E-state index contributed by atoms with van der Waals surface area (Å²) in [6.07, 6.45) is 1.68. The normalized spacial score (nSPS) is 14.8. The largest absolute Gasteiger partial charge is 0.368 e. The molecule has 6 N–H and O–H groups in total. The summed E-state index contributed by atoms with van der Waals surface area (Å²) in [5, 5.41) is 6.28. The van der Waals surface area contributed by atoms with Crippen molar-refractivity contribution in [2.75, 3.05) is 10.6 Å². The van der Waals surface area contributed by atoms with Gasteiger partial charge in [-0.05, 0) is 49.3 Å². The molecule has 1 saturated carbocycles. The number of nitrogens with one attached hydrogen (secondary N) is 2. The SMILES string of the molecule is Cc1cc(Nc2nc(NC(C(N)=O)C3CC3)c(F)cc2C(N)=O)sn1. The molecule has 3 rings (SSSR count). The number of halogens is 1. The topological polar surface area (TPSA) is 136 Å². The van der Waals surface area contributed by atoms with E-state index >= 15 is 0 Å². The third-order valence-electron chi connectivity index (χ3n) is 3.80. The van der Waals surface area contributed by atoms with Crippen LogP contribution in [0.25, 0.3) is 0 Å². The van der Waals surface area contributed by atoms with Crippen molar-refractivity contribution in [1.82, 2.24) is 9.36 Å². The summed E-state index contributed by atoms with van der Waals surface area (Å²) in [4.78, 5) is 27.3. The van der Waals surface area contributed by atoms with Gasteiger partial charge in [-0.2, -0.15) is 4.37 Å². The van der Waals surface area contributed by atoms with Crippen molar-refractivity contribution in [1.29, 1.82) is 0 Å². The highest BCUT2D eigenvalue weighted by atomic mass is 32.1. The Balaban J connectivity index is 1.94. The van der Waals surface area contributed by atoms with Crippen LogP contribution < -0.4 is 22.1 Å². The molecule has 0 saturated heterocycles. The zero-order valence-electron chi connectivity index (χ0n) is 13.4. The minimum atomic E-state index is -0.824. The zero-order valence-corrected chi connectivity index (χ0v) is 14.2. The summed E-state index contributed by atoms with van der Waals surface area (Å²) < 4.78 is 18.4. The maximum absolute atomic E-state index is 14.3. The molecule has 2 heterocycles. The van der Waals surface area contributed by atoms with E-state index in [0.29, 0.717) is 5.00 Å². The number of aromatic nitrogens is 2. The lowest BCUT2D eigenvalue weighted by Crippen LogP contribution is -2.37. The van der Waals surface area contributed by atoms with Gasteiger partial charge in [-0.3, -0.25) is 9.59 Å². The van der Waals surface area contributed by atoms with Gasteiger partial charge in [-0.25, -0.2) is 9.37 Å². The lowest BCUT2D eigenvalue weighted by atomic mass is 10.1. The molecular weight excluding hydrogens is 347 g/mol. The second-order valence-corrected chi connectivity index (χ2v) is 6.70. The molecule has 2 aromatic rings. The van der Waals surface area contributed by atoms with Crippen molar-refractivity contribution >= 4 is 40.0 Å². The van der Waals surface area contributed by atoms with E-state index in [4.69, 9.17) is 11.5 Å². The Bertz CT molecular complexity index is 835. The van der Waals surface area contributed by atoms with Gasteiger partial charge in [-0.15, -0.1) is 0 Å². The lowest BCUT2D eigenvalue weighted by Gasteiger charge is -2.17. The van der Waals surface area contributed by atoms with Crippen molar-refractivity contribution in [3.8, 4) is 0 Å². The minimum Gasteiger partial charge on any atom is -0.368 e. The number of nitrogens with zero attached hydrogens (tertiary/aromatic N) is 2. The van der Waals surface area contributed by atoms with Crippen LogP contribution in [-0.2, 0) is 4.79 Å². The molecule has 1 aliphatic carbocycles. The number of aryl methyl sites for hydroxylation is 1. The van der Waals surface area contributed by atoms with Crippen molar-refractivity contribution in [2.45, 2.75) is 25.8 Å². The molecule has 0 bridgehead atoms. The number of pyridine rings is 1. The predicted molar refractivity (Wildman–Crippen MR) is 92.2 cm³/mol. The van der Waals surface area contributed by atoms with Gasteiger partial charge in [0.2, 0.25) is 5.91 Å². The van der Waals surface area contributed by atoms with Crippen LogP contribution in [-0.4, -0.2) is 27.2 Å². The van der Waals surface area contributed by atoms with E-state index in [1.807, 2.05) is 6.92 Å². The van der Waals surface area contributed by atoms with Gasteiger partial charge < -0.3 is 22.1 Å². The van der Waals surface area contributed by atoms with Crippen molar-refractivity contribution < 1.29 is 14.0 Å². The van der Waals surface area contributed by atoms with Gasteiger partial charge in [0.25, 0.3) is 5.91 Å². The van der Waals surface area contributed by atoms with Crippen LogP contribution in [0.4, 0.5) is 21.0 Å². The van der Waals surface area contributed by atoms with E-state index in [0.717, 1.165) is 24.6 Å². The lowest BCUT2D eigenvalue weighted by molar-refractivity contribution is -0.119. The Labute approximate surface area is 147 Å². The number of anilines is 3. The van der Waals surface area contributed by atoms with Crippen molar-refractivity contribution in [3.63, 3.8) is 0 Å². The summed E-state index contributed by atoms with van der Waals surface area (Å²) in [6, 6.07) is 2.03. The fourth-order valence-electron chi connectivity index (χ4n) is 2.41. The molecule has 2 amide bonds. The summed E-state index contributed by atoms with van der Waals surface area (Å²) in [7, 11) is 0. The molecule has 0 aromatic carbocycles. The predicted octanol–water partition coefficient (Wildman–Crippen LogP) is 1.50. The van der Waals surface area contributed by atoms with E-state index in [-0.39, 0.29) is 23.1 Å². The standard InChI is InChI=1S/C15H17FN6O2S/c1-6-4-10(25-22-6)19-14-8(12(17)23)5-9(16)15(21-14)20-11(13(18)24)7-2-3-7/h4-5,7,11H,2-3H2,1H3,(H2,17,23)(H2,18,24)(H2,19,20,21). The number of hydrogen-bond donors (Lipinski definition) is 4. The van der Waals surface area contributed by atoms with Crippen LogP contribution in [0, 0.1) is 18.7 Å². The van der Waals surface area contributed by atoms with E-state index in [1.165, 1.54) is 11.5 Å². The minimum absolute atomic E-state index is 0.0649. The molecule has 132 valence electrons. The van der Waals surface area contributed by atoms with Gasteiger partial charge in [0.15, 0.2) is 11.6 Å². The quantitative estimate of drug-likeness (QED) is 0.588. The summed E-state index contributed by atoms with van der Waals surface area (Å²) in [5.41, 5.74) is 11.4. The Kier molecular flexibility index (Phi) is 4.53. The number of carbonyl (C=O) groups is 2. The highest BCUT2D eigenvalue weighted by Gasteiger charge is 2.36. The monoisotopic (exact) mass is 364 g/mol. The number of hydrogen-bond acceptors (Lipinski definition) is 7. The second kappa shape index (κ2) is 6.63. The molecular formula is C15H17FN6O2S. The van der Waals surface area contributed by atoms with Crippen LogP contribution in [0.1, 0.15) is 28.9 Å². The Morgan fingerprint density at radius 2 is 2.04 bits per heavy atom. The Morgan fingerprint density at radius 3 is 2.56 bits per heavy atom. The first-order chi connectivity index (χ1) is 11.8. The molecule has 1 fully saturated rings. The van der Waals surface area contributed by atoms with Crippen LogP contribution in [0.15, 0.2) is 12.1 Å². The molecule has 1 atom stereocenters. The molecule has 0 spiro atoms. The average Bonchev–Trinajstić information content (AvgIpc) is 3.29. The Morgan fingerprint density at radius 1 is 1.32 bits per heavy atom. The number of primary amides is 2. The maximum atomic E-state index is 14.3. The van der Waals surface area contributed by atoms with Crippen molar-refractivity contribution in [3.05, 3.63) is 29.2 Å². The Hall–Kier alpha value is -2.75. The van der Waals surface area contributed by atoms with E-state index in [1.54, 1.807) is 6.07 Å². The third-order valence-corrected chi connectivity index (χ3v) is 4.60. The molecule has 10 heteroatoms. The van der Waals surface area contributed by atoms with E-state index in [9.17, 15) is 14.0 Å². The van der Waals surface area contributed by atoms with Gasteiger partial charge in [-0.1, -0.05) is 0 Å².